The Hall–Kier alpha value is -1.62. The fraction of sp³-hybridized carbons (Fsp3) is 0.538. The van der Waals surface area contributed by atoms with Gasteiger partial charge < -0.3 is 10.1 Å². The van der Waals surface area contributed by atoms with E-state index < -0.39 is 0 Å². The predicted octanol–water partition coefficient (Wildman–Crippen LogP) is 2.88. The topological polar surface area (TPSA) is 64.4 Å². The van der Waals surface area contributed by atoms with Gasteiger partial charge in [0, 0.05) is 30.5 Å². The van der Waals surface area contributed by atoms with Crippen molar-refractivity contribution >= 4 is 11.4 Å². The molecule has 18 heavy (non-hydrogen) atoms. The van der Waals surface area contributed by atoms with Gasteiger partial charge in [-0.1, -0.05) is 6.07 Å². The zero-order valence-corrected chi connectivity index (χ0v) is 10.7. The summed E-state index contributed by atoms with van der Waals surface area (Å²) >= 11 is 0. The van der Waals surface area contributed by atoms with Gasteiger partial charge in [-0.25, -0.2) is 0 Å². The van der Waals surface area contributed by atoms with E-state index in [-0.39, 0.29) is 16.2 Å². The molecule has 1 unspecified atom stereocenters. The summed E-state index contributed by atoms with van der Waals surface area (Å²) < 4.78 is 5.68. The molecule has 0 spiro atoms. The molecular weight excluding hydrogens is 232 g/mol. The van der Waals surface area contributed by atoms with Gasteiger partial charge in [0.1, 0.15) is 0 Å². The van der Waals surface area contributed by atoms with Gasteiger partial charge in [-0.15, -0.1) is 0 Å². The lowest BCUT2D eigenvalue weighted by Crippen LogP contribution is -2.32. The van der Waals surface area contributed by atoms with Gasteiger partial charge in [-0.05, 0) is 32.8 Å². The Balaban J connectivity index is 2.10. The van der Waals surface area contributed by atoms with Crippen LogP contribution in [0.1, 0.15) is 25.3 Å². The van der Waals surface area contributed by atoms with Crippen LogP contribution >= 0.6 is 0 Å². The quantitative estimate of drug-likeness (QED) is 0.659. The number of nitrogens with one attached hydrogen (secondary N) is 1. The first-order valence-corrected chi connectivity index (χ1v) is 6.14. The fourth-order valence-corrected chi connectivity index (χ4v) is 2.27. The molecule has 0 radical (unpaired) electrons. The minimum absolute atomic E-state index is 0.150. The molecule has 0 aromatic heterocycles. The van der Waals surface area contributed by atoms with E-state index in [2.05, 4.69) is 12.2 Å². The molecule has 1 aromatic carbocycles. The van der Waals surface area contributed by atoms with E-state index >= 15 is 0 Å². The number of hydrogen-bond acceptors (Lipinski definition) is 4. The molecule has 1 N–H and O–H groups in total. The average molecular weight is 250 g/mol. The van der Waals surface area contributed by atoms with Gasteiger partial charge in [0.15, 0.2) is 0 Å². The third kappa shape index (κ3) is 2.61. The minimum atomic E-state index is -0.353. The number of ether oxygens (including phenoxy) is 1. The second-order valence-electron chi connectivity index (χ2n) is 4.96. The second-order valence-corrected chi connectivity index (χ2v) is 4.96. The van der Waals surface area contributed by atoms with E-state index in [1.807, 2.05) is 6.07 Å². The van der Waals surface area contributed by atoms with Crippen LogP contribution in [0.25, 0.3) is 0 Å². The van der Waals surface area contributed by atoms with Gasteiger partial charge in [0.25, 0.3) is 5.69 Å². The monoisotopic (exact) mass is 250 g/mol. The number of nitro benzene ring substituents is 1. The van der Waals surface area contributed by atoms with Crippen molar-refractivity contribution in [2.75, 3.05) is 18.5 Å². The van der Waals surface area contributed by atoms with Crippen LogP contribution in [0, 0.1) is 17.0 Å². The first kappa shape index (κ1) is 12.8. The molecule has 1 heterocycles. The van der Waals surface area contributed by atoms with Crippen LogP contribution in [0.15, 0.2) is 18.2 Å². The number of nitrogens with zero attached hydrogens (tertiary/aromatic N) is 1. The Labute approximate surface area is 106 Å². The summed E-state index contributed by atoms with van der Waals surface area (Å²) in [5.41, 5.74) is 1.47. The van der Waals surface area contributed by atoms with Crippen LogP contribution in [0.3, 0.4) is 0 Å². The van der Waals surface area contributed by atoms with E-state index in [0.29, 0.717) is 12.1 Å². The summed E-state index contributed by atoms with van der Waals surface area (Å²) in [5, 5.41) is 14.1. The van der Waals surface area contributed by atoms with E-state index in [0.717, 1.165) is 25.1 Å². The van der Waals surface area contributed by atoms with Gasteiger partial charge in [0.05, 0.1) is 10.5 Å². The van der Waals surface area contributed by atoms with Gasteiger partial charge in [0.2, 0.25) is 0 Å². The molecule has 5 heteroatoms. The Morgan fingerprint density at radius 1 is 1.56 bits per heavy atom. The molecule has 5 nitrogen and oxygen atoms in total. The van der Waals surface area contributed by atoms with Crippen LogP contribution in [0.2, 0.25) is 0 Å². The summed E-state index contributed by atoms with van der Waals surface area (Å²) in [7, 11) is 0. The summed E-state index contributed by atoms with van der Waals surface area (Å²) in [6.45, 7) is 5.30. The number of rotatable bonds is 4. The zero-order valence-electron chi connectivity index (χ0n) is 10.7. The number of hydrogen-bond donors (Lipinski definition) is 1. The summed E-state index contributed by atoms with van der Waals surface area (Å²) in [6.07, 6.45) is 2.10. The Morgan fingerprint density at radius 3 is 2.94 bits per heavy atom. The van der Waals surface area contributed by atoms with E-state index in [4.69, 9.17) is 4.74 Å². The number of benzene rings is 1. The molecule has 1 aliphatic heterocycles. The molecule has 1 atom stereocenters. The van der Waals surface area contributed by atoms with Crippen LogP contribution in [0.4, 0.5) is 11.4 Å². The summed E-state index contributed by atoms with van der Waals surface area (Å²) in [5.74, 6) is 0. The second kappa shape index (κ2) is 4.94. The molecule has 0 bridgehead atoms. The van der Waals surface area contributed by atoms with Crippen LogP contribution in [-0.4, -0.2) is 23.7 Å². The molecule has 0 amide bonds. The minimum Gasteiger partial charge on any atom is -0.382 e. The SMILES string of the molecule is Cc1c(NCC2(C)CCCO2)cccc1[N+](=O)[O-]. The number of anilines is 1. The standard InChI is InChI=1S/C13H18N2O3/c1-10-11(5-3-6-12(10)15(16)17)14-9-13(2)7-4-8-18-13/h3,5-6,14H,4,7-9H2,1-2H3. The molecular formula is C13H18N2O3. The van der Waals surface area contributed by atoms with Crippen molar-refractivity contribution in [1.82, 2.24) is 0 Å². The van der Waals surface area contributed by atoms with Crippen molar-refractivity contribution in [2.24, 2.45) is 0 Å². The highest BCUT2D eigenvalue weighted by atomic mass is 16.6. The maximum Gasteiger partial charge on any atom is 0.274 e. The fourth-order valence-electron chi connectivity index (χ4n) is 2.27. The number of nitro groups is 1. The predicted molar refractivity (Wildman–Crippen MR) is 69.9 cm³/mol. The van der Waals surface area contributed by atoms with Crippen LogP contribution in [-0.2, 0) is 4.74 Å². The highest BCUT2D eigenvalue weighted by Gasteiger charge is 2.29. The maximum absolute atomic E-state index is 10.9. The van der Waals surface area contributed by atoms with E-state index in [1.165, 1.54) is 6.07 Å². The summed E-state index contributed by atoms with van der Waals surface area (Å²) in [4.78, 5) is 10.5. The highest BCUT2D eigenvalue weighted by molar-refractivity contribution is 5.59. The van der Waals surface area contributed by atoms with Crippen LogP contribution < -0.4 is 5.32 Å². The lowest BCUT2D eigenvalue weighted by atomic mass is 10.0. The van der Waals surface area contributed by atoms with Gasteiger partial charge in [-0.3, -0.25) is 10.1 Å². The third-order valence-corrected chi connectivity index (χ3v) is 3.46. The van der Waals surface area contributed by atoms with Gasteiger partial charge >= 0.3 is 0 Å². The molecule has 2 rings (SSSR count). The third-order valence-electron chi connectivity index (χ3n) is 3.46. The molecule has 1 aromatic rings. The van der Waals surface area contributed by atoms with Crippen molar-refractivity contribution in [1.29, 1.82) is 0 Å². The van der Waals surface area contributed by atoms with E-state index in [9.17, 15) is 10.1 Å². The molecule has 98 valence electrons. The normalized spacial score (nSPS) is 23.0. The lowest BCUT2D eigenvalue weighted by molar-refractivity contribution is -0.385. The highest BCUT2D eigenvalue weighted by Crippen LogP contribution is 2.28. The Kier molecular flexibility index (Phi) is 3.52. The van der Waals surface area contributed by atoms with Crippen molar-refractivity contribution in [3.63, 3.8) is 0 Å². The molecule has 0 aliphatic carbocycles. The Bertz CT molecular complexity index is 454. The molecule has 1 aliphatic rings. The molecule has 1 fully saturated rings. The smallest absolute Gasteiger partial charge is 0.274 e. The summed E-state index contributed by atoms with van der Waals surface area (Å²) in [6, 6.07) is 5.08. The van der Waals surface area contributed by atoms with Crippen molar-refractivity contribution in [3.05, 3.63) is 33.9 Å². The lowest BCUT2D eigenvalue weighted by Gasteiger charge is -2.24. The van der Waals surface area contributed by atoms with Crippen molar-refractivity contribution in [3.8, 4) is 0 Å². The van der Waals surface area contributed by atoms with E-state index in [1.54, 1.807) is 13.0 Å². The average Bonchev–Trinajstić information content (AvgIpc) is 2.75. The van der Waals surface area contributed by atoms with Crippen molar-refractivity contribution < 1.29 is 9.66 Å². The van der Waals surface area contributed by atoms with Gasteiger partial charge in [-0.2, -0.15) is 0 Å². The first-order valence-electron chi connectivity index (χ1n) is 6.14. The van der Waals surface area contributed by atoms with Crippen molar-refractivity contribution in [2.45, 2.75) is 32.3 Å². The maximum atomic E-state index is 10.9. The molecule has 0 saturated carbocycles. The first-order chi connectivity index (χ1) is 8.52. The largest absolute Gasteiger partial charge is 0.382 e. The molecule has 1 saturated heterocycles. The van der Waals surface area contributed by atoms with Crippen LogP contribution in [0.5, 0.6) is 0 Å². The zero-order chi connectivity index (χ0) is 13.2. The Morgan fingerprint density at radius 2 is 2.33 bits per heavy atom.